The number of halogens is 1. The van der Waals surface area contributed by atoms with Crippen LogP contribution in [0.1, 0.15) is 6.42 Å². The molecule has 0 saturated carbocycles. The number of rotatable bonds is 5. The highest BCUT2D eigenvalue weighted by atomic mass is 35.5. The third-order valence-corrected chi connectivity index (χ3v) is 5.51. The minimum absolute atomic E-state index is 0.0424. The number of para-hydroxylation sites is 1. The van der Waals surface area contributed by atoms with Gasteiger partial charge in [0.1, 0.15) is 11.0 Å². The lowest BCUT2D eigenvalue weighted by Gasteiger charge is -2.10. The van der Waals surface area contributed by atoms with Crippen molar-refractivity contribution >= 4 is 51.7 Å². The highest BCUT2D eigenvalue weighted by molar-refractivity contribution is 8.15. The maximum absolute atomic E-state index is 12.5. The van der Waals surface area contributed by atoms with Crippen LogP contribution in [0.4, 0.5) is 11.4 Å². The first-order chi connectivity index (χ1) is 13.0. The van der Waals surface area contributed by atoms with Crippen LogP contribution in [-0.2, 0) is 9.59 Å². The number of amidine groups is 1. The van der Waals surface area contributed by atoms with E-state index in [1.807, 2.05) is 12.1 Å². The number of thioether (sulfide) groups is 1. The SMILES string of the molecule is COc1ccc(N=C2S[C@H](CC(=O)Nc3ccccc3Cl)C(=O)N2C)cc1. The zero-order valence-electron chi connectivity index (χ0n) is 14.8. The molecule has 0 unspecified atom stereocenters. The molecule has 3 rings (SSSR count). The lowest BCUT2D eigenvalue weighted by atomic mass is 10.2. The van der Waals surface area contributed by atoms with Gasteiger partial charge in [-0.15, -0.1) is 0 Å². The number of nitrogens with zero attached hydrogens (tertiary/aromatic N) is 2. The van der Waals surface area contributed by atoms with E-state index in [2.05, 4.69) is 10.3 Å². The molecular weight excluding hydrogens is 386 g/mol. The van der Waals surface area contributed by atoms with Crippen molar-refractivity contribution in [3.8, 4) is 5.75 Å². The molecule has 1 saturated heterocycles. The van der Waals surface area contributed by atoms with Crippen LogP contribution in [0.5, 0.6) is 5.75 Å². The van der Waals surface area contributed by atoms with E-state index in [9.17, 15) is 9.59 Å². The van der Waals surface area contributed by atoms with Crippen molar-refractivity contribution < 1.29 is 14.3 Å². The number of anilines is 1. The second-order valence-electron chi connectivity index (χ2n) is 5.83. The number of hydrogen-bond acceptors (Lipinski definition) is 5. The predicted octanol–water partition coefficient (Wildman–Crippen LogP) is 3.94. The molecule has 2 aromatic carbocycles. The lowest BCUT2D eigenvalue weighted by Crippen LogP contribution is -2.30. The van der Waals surface area contributed by atoms with E-state index in [1.54, 1.807) is 50.6 Å². The minimum Gasteiger partial charge on any atom is -0.497 e. The summed E-state index contributed by atoms with van der Waals surface area (Å²) >= 11 is 7.32. The van der Waals surface area contributed by atoms with E-state index in [0.29, 0.717) is 21.6 Å². The van der Waals surface area contributed by atoms with E-state index >= 15 is 0 Å². The fraction of sp³-hybridized carbons (Fsp3) is 0.211. The van der Waals surface area contributed by atoms with E-state index in [0.717, 1.165) is 5.75 Å². The molecule has 1 heterocycles. The maximum atomic E-state index is 12.5. The maximum Gasteiger partial charge on any atom is 0.242 e. The van der Waals surface area contributed by atoms with Gasteiger partial charge in [-0.1, -0.05) is 35.5 Å². The number of carbonyl (C=O) groups excluding carboxylic acids is 2. The van der Waals surface area contributed by atoms with Gasteiger partial charge < -0.3 is 10.1 Å². The first kappa shape index (κ1) is 19.3. The van der Waals surface area contributed by atoms with Gasteiger partial charge in [-0.3, -0.25) is 14.5 Å². The summed E-state index contributed by atoms with van der Waals surface area (Å²) < 4.78 is 5.12. The minimum atomic E-state index is -0.519. The highest BCUT2D eigenvalue weighted by Crippen LogP contribution is 2.31. The Labute approximate surface area is 166 Å². The molecule has 1 atom stereocenters. The molecule has 1 N–H and O–H groups in total. The van der Waals surface area contributed by atoms with Crippen molar-refractivity contribution in [1.29, 1.82) is 0 Å². The smallest absolute Gasteiger partial charge is 0.242 e. The Balaban J connectivity index is 1.67. The molecule has 6 nitrogen and oxygen atoms in total. The van der Waals surface area contributed by atoms with Crippen LogP contribution in [0.3, 0.4) is 0 Å². The first-order valence-electron chi connectivity index (χ1n) is 8.19. The summed E-state index contributed by atoms with van der Waals surface area (Å²) in [6.07, 6.45) is 0.0424. The molecule has 0 radical (unpaired) electrons. The van der Waals surface area contributed by atoms with Crippen molar-refractivity contribution in [3.63, 3.8) is 0 Å². The average Bonchev–Trinajstić information content (AvgIpc) is 2.92. The summed E-state index contributed by atoms with van der Waals surface area (Å²) in [5.41, 5.74) is 1.24. The van der Waals surface area contributed by atoms with E-state index in [-0.39, 0.29) is 18.2 Å². The van der Waals surface area contributed by atoms with Gasteiger partial charge in [0.15, 0.2) is 5.17 Å². The van der Waals surface area contributed by atoms with E-state index < -0.39 is 5.25 Å². The summed E-state index contributed by atoms with van der Waals surface area (Å²) in [5.74, 6) is 0.311. The zero-order chi connectivity index (χ0) is 19.4. The molecule has 27 heavy (non-hydrogen) atoms. The number of methoxy groups -OCH3 is 1. The molecule has 1 aliphatic rings. The normalized spacial score (nSPS) is 18.0. The zero-order valence-corrected chi connectivity index (χ0v) is 16.4. The largest absolute Gasteiger partial charge is 0.497 e. The van der Waals surface area contributed by atoms with Crippen molar-refractivity contribution in [3.05, 3.63) is 53.6 Å². The number of aliphatic imine (C=N–C) groups is 1. The van der Waals surface area contributed by atoms with Crippen LogP contribution >= 0.6 is 23.4 Å². The fourth-order valence-corrected chi connectivity index (χ4v) is 3.83. The average molecular weight is 404 g/mol. The molecule has 2 aromatic rings. The van der Waals surface area contributed by atoms with Gasteiger partial charge in [0.2, 0.25) is 11.8 Å². The third kappa shape index (κ3) is 4.61. The predicted molar refractivity (Wildman–Crippen MR) is 109 cm³/mol. The van der Waals surface area contributed by atoms with Gasteiger partial charge >= 0.3 is 0 Å². The number of hydrogen-bond donors (Lipinski definition) is 1. The Kier molecular flexibility index (Phi) is 6.03. The van der Waals surface area contributed by atoms with Crippen LogP contribution in [-0.4, -0.2) is 41.3 Å². The van der Waals surface area contributed by atoms with Gasteiger partial charge in [0.25, 0.3) is 0 Å². The quantitative estimate of drug-likeness (QED) is 0.820. The van der Waals surface area contributed by atoms with Gasteiger partial charge in [-0.05, 0) is 36.4 Å². The summed E-state index contributed by atoms with van der Waals surface area (Å²) in [6.45, 7) is 0. The van der Waals surface area contributed by atoms with Crippen LogP contribution < -0.4 is 10.1 Å². The number of benzene rings is 2. The van der Waals surface area contributed by atoms with Crippen LogP contribution in [0.25, 0.3) is 0 Å². The van der Waals surface area contributed by atoms with Crippen LogP contribution in [0.15, 0.2) is 53.5 Å². The summed E-state index contributed by atoms with van der Waals surface area (Å²) in [7, 11) is 3.25. The number of carbonyl (C=O) groups is 2. The summed E-state index contributed by atoms with van der Waals surface area (Å²) in [4.78, 5) is 30.7. The Morgan fingerprint density at radius 1 is 1.26 bits per heavy atom. The molecule has 1 fully saturated rings. The Morgan fingerprint density at radius 2 is 1.96 bits per heavy atom. The van der Waals surface area contributed by atoms with E-state index in [4.69, 9.17) is 16.3 Å². The molecule has 8 heteroatoms. The number of amides is 2. The Morgan fingerprint density at radius 3 is 2.63 bits per heavy atom. The fourth-order valence-electron chi connectivity index (χ4n) is 2.50. The Hall–Kier alpha value is -2.51. The Bertz CT molecular complexity index is 886. The summed E-state index contributed by atoms with van der Waals surface area (Å²) in [6, 6.07) is 14.2. The molecule has 2 amide bonds. The second kappa shape index (κ2) is 8.45. The molecule has 140 valence electrons. The monoisotopic (exact) mass is 403 g/mol. The molecule has 0 bridgehead atoms. The van der Waals surface area contributed by atoms with Gasteiger partial charge in [-0.2, -0.15) is 0 Å². The van der Waals surface area contributed by atoms with Gasteiger partial charge in [0, 0.05) is 13.5 Å². The van der Waals surface area contributed by atoms with Gasteiger partial charge in [0.05, 0.1) is 23.5 Å². The molecule has 0 aromatic heterocycles. The molecule has 0 spiro atoms. The van der Waals surface area contributed by atoms with Crippen molar-refractivity contribution in [2.24, 2.45) is 4.99 Å². The molecule has 0 aliphatic carbocycles. The van der Waals surface area contributed by atoms with Crippen molar-refractivity contribution in [1.82, 2.24) is 4.90 Å². The van der Waals surface area contributed by atoms with Crippen molar-refractivity contribution in [2.75, 3.05) is 19.5 Å². The second-order valence-corrected chi connectivity index (χ2v) is 7.41. The summed E-state index contributed by atoms with van der Waals surface area (Å²) in [5, 5.41) is 3.23. The number of nitrogens with one attached hydrogen (secondary N) is 1. The van der Waals surface area contributed by atoms with Crippen LogP contribution in [0.2, 0.25) is 5.02 Å². The molecule has 1 aliphatic heterocycles. The third-order valence-electron chi connectivity index (χ3n) is 3.96. The highest BCUT2D eigenvalue weighted by Gasteiger charge is 2.37. The first-order valence-corrected chi connectivity index (χ1v) is 9.45. The molecular formula is C19H18ClN3O3S. The standard InChI is InChI=1S/C19H18ClN3O3S/c1-23-18(25)16(11-17(24)22-15-6-4-3-5-14(15)20)27-19(23)21-12-7-9-13(26-2)10-8-12/h3-10,16H,11H2,1-2H3,(H,22,24)/t16-/m1/s1. The topological polar surface area (TPSA) is 71.0 Å². The van der Waals surface area contributed by atoms with E-state index in [1.165, 1.54) is 16.7 Å². The van der Waals surface area contributed by atoms with Crippen molar-refractivity contribution in [2.45, 2.75) is 11.7 Å². The number of ether oxygens (including phenoxy) is 1. The lowest BCUT2D eigenvalue weighted by molar-refractivity contribution is -0.127. The van der Waals surface area contributed by atoms with Crippen LogP contribution in [0, 0.1) is 0 Å². The van der Waals surface area contributed by atoms with Gasteiger partial charge in [-0.25, -0.2) is 4.99 Å².